The van der Waals surface area contributed by atoms with Crippen molar-refractivity contribution in [1.29, 1.82) is 0 Å². The minimum Gasteiger partial charge on any atom is -0.467 e. The first kappa shape index (κ1) is 14.5. The first-order valence-electron chi connectivity index (χ1n) is 6.09. The minimum absolute atomic E-state index is 0.126. The molecule has 18 heavy (non-hydrogen) atoms. The smallest absolute Gasteiger partial charge is 0.328 e. The molecule has 0 radical (unpaired) electrons. The summed E-state index contributed by atoms with van der Waals surface area (Å²) >= 11 is 0. The van der Waals surface area contributed by atoms with E-state index in [1.54, 1.807) is 0 Å². The predicted molar refractivity (Wildman–Crippen MR) is 65.4 cm³/mol. The number of hydrogen-bond acceptors (Lipinski definition) is 4. The van der Waals surface area contributed by atoms with Crippen LogP contribution in [0.3, 0.4) is 0 Å². The zero-order chi connectivity index (χ0) is 13.5. The fourth-order valence-corrected chi connectivity index (χ4v) is 2.10. The molecule has 2 atom stereocenters. The molecule has 1 aliphatic heterocycles. The first-order valence-corrected chi connectivity index (χ1v) is 6.09. The van der Waals surface area contributed by atoms with Crippen LogP contribution < -0.4 is 0 Å². The second-order valence-electron chi connectivity index (χ2n) is 4.39. The van der Waals surface area contributed by atoms with Crippen molar-refractivity contribution < 1.29 is 19.4 Å². The molecule has 0 aromatic carbocycles. The lowest BCUT2D eigenvalue weighted by Crippen LogP contribution is -2.41. The van der Waals surface area contributed by atoms with Gasteiger partial charge in [-0.2, -0.15) is 0 Å². The van der Waals surface area contributed by atoms with E-state index in [1.807, 2.05) is 0 Å². The van der Waals surface area contributed by atoms with E-state index in [0.29, 0.717) is 19.3 Å². The van der Waals surface area contributed by atoms with Crippen molar-refractivity contribution in [3.8, 4) is 12.3 Å². The van der Waals surface area contributed by atoms with Crippen molar-refractivity contribution in [2.75, 3.05) is 13.7 Å². The number of amides is 1. The van der Waals surface area contributed by atoms with Crippen LogP contribution in [0.4, 0.5) is 0 Å². The fourth-order valence-electron chi connectivity index (χ4n) is 2.10. The second-order valence-corrected chi connectivity index (χ2v) is 4.39. The molecule has 0 spiro atoms. The van der Waals surface area contributed by atoms with Gasteiger partial charge < -0.3 is 14.7 Å². The molecule has 1 heterocycles. The molecule has 0 bridgehead atoms. The van der Waals surface area contributed by atoms with Crippen LogP contribution in [-0.2, 0) is 14.3 Å². The van der Waals surface area contributed by atoms with Gasteiger partial charge in [0.25, 0.3) is 0 Å². The molecule has 0 aliphatic carbocycles. The second kappa shape index (κ2) is 7.02. The highest BCUT2D eigenvalue weighted by atomic mass is 16.5. The summed E-state index contributed by atoms with van der Waals surface area (Å²) in [6.07, 6.45) is 7.22. The largest absolute Gasteiger partial charge is 0.467 e. The highest BCUT2D eigenvalue weighted by Crippen LogP contribution is 2.20. The van der Waals surface area contributed by atoms with Gasteiger partial charge in [0.15, 0.2) is 0 Å². The van der Waals surface area contributed by atoms with Crippen molar-refractivity contribution in [2.45, 2.75) is 44.2 Å². The van der Waals surface area contributed by atoms with E-state index >= 15 is 0 Å². The van der Waals surface area contributed by atoms with Crippen molar-refractivity contribution in [3.05, 3.63) is 0 Å². The molecule has 1 fully saturated rings. The Morgan fingerprint density at radius 2 is 2.22 bits per heavy atom. The van der Waals surface area contributed by atoms with Crippen molar-refractivity contribution >= 4 is 11.9 Å². The maximum Gasteiger partial charge on any atom is 0.328 e. The number of carbonyl (C=O) groups excluding carboxylic acids is 2. The molecule has 0 aromatic heterocycles. The molecule has 1 aliphatic rings. The summed E-state index contributed by atoms with van der Waals surface area (Å²) in [7, 11) is 1.28. The number of β-amino-alcohol motifs (C(OH)–C–C–N with tert-alkyl or cyclic N) is 1. The van der Waals surface area contributed by atoms with E-state index in [9.17, 15) is 14.7 Å². The highest BCUT2D eigenvalue weighted by molar-refractivity contribution is 5.85. The number of hydrogen-bond donors (Lipinski definition) is 1. The van der Waals surface area contributed by atoms with E-state index in [1.165, 1.54) is 12.0 Å². The molecule has 2 unspecified atom stereocenters. The third-order valence-electron chi connectivity index (χ3n) is 3.03. The van der Waals surface area contributed by atoms with Crippen molar-refractivity contribution in [3.63, 3.8) is 0 Å². The van der Waals surface area contributed by atoms with E-state index < -0.39 is 18.1 Å². The molecular weight excluding hydrogens is 234 g/mol. The Kier molecular flexibility index (Phi) is 5.66. The van der Waals surface area contributed by atoms with Crippen molar-refractivity contribution in [2.24, 2.45) is 0 Å². The number of rotatable bonds is 5. The summed E-state index contributed by atoms with van der Waals surface area (Å²) in [6, 6.07) is -0.648. The van der Waals surface area contributed by atoms with Gasteiger partial charge in [-0.3, -0.25) is 4.79 Å². The Hall–Kier alpha value is -1.54. The number of esters is 1. The SMILES string of the molecule is C#CCCCCC(=O)N1CC(O)CC1C(=O)OC. The van der Waals surface area contributed by atoms with E-state index in [0.717, 1.165) is 6.42 Å². The topological polar surface area (TPSA) is 66.8 Å². The van der Waals surface area contributed by atoms with Gasteiger partial charge >= 0.3 is 5.97 Å². The molecule has 0 aromatic rings. The number of terminal acetylenes is 1. The number of aliphatic hydroxyl groups excluding tert-OH is 1. The van der Waals surface area contributed by atoms with E-state index in [4.69, 9.17) is 6.42 Å². The van der Waals surface area contributed by atoms with Gasteiger partial charge in [0, 0.05) is 25.8 Å². The number of likely N-dealkylation sites (tertiary alicyclic amines) is 1. The number of nitrogens with zero attached hydrogens (tertiary/aromatic N) is 1. The average molecular weight is 253 g/mol. The van der Waals surface area contributed by atoms with Gasteiger partial charge in [-0.05, 0) is 12.8 Å². The lowest BCUT2D eigenvalue weighted by molar-refractivity contribution is -0.151. The Bertz CT molecular complexity index is 347. The van der Waals surface area contributed by atoms with Gasteiger partial charge in [0.2, 0.25) is 5.91 Å². The number of ether oxygens (including phenoxy) is 1. The number of carbonyl (C=O) groups is 2. The quantitative estimate of drug-likeness (QED) is 0.435. The summed E-state index contributed by atoms with van der Waals surface area (Å²) in [6.45, 7) is 0.202. The third kappa shape index (κ3) is 3.74. The van der Waals surface area contributed by atoms with Gasteiger partial charge in [0.1, 0.15) is 6.04 Å². The molecule has 1 saturated heterocycles. The van der Waals surface area contributed by atoms with Gasteiger partial charge in [0.05, 0.1) is 13.2 Å². The van der Waals surface area contributed by atoms with Gasteiger partial charge in [-0.15, -0.1) is 12.3 Å². The summed E-state index contributed by atoms with van der Waals surface area (Å²) in [5.41, 5.74) is 0. The van der Waals surface area contributed by atoms with Crippen LogP contribution in [0, 0.1) is 12.3 Å². The maximum absolute atomic E-state index is 11.9. The van der Waals surface area contributed by atoms with Crippen LogP contribution in [-0.4, -0.2) is 47.7 Å². The Labute approximate surface area is 107 Å². The summed E-state index contributed by atoms with van der Waals surface area (Å²) < 4.78 is 4.64. The predicted octanol–water partition coefficient (Wildman–Crippen LogP) is 0.315. The van der Waals surface area contributed by atoms with Crippen LogP contribution in [0.1, 0.15) is 32.1 Å². The van der Waals surface area contributed by atoms with Crippen LogP contribution in [0.15, 0.2) is 0 Å². The number of methoxy groups -OCH3 is 1. The summed E-state index contributed by atoms with van der Waals surface area (Å²) in [4.78, 5) is 24.8. The van der Waals surface area contributed by atoms with E-state index in [-0.39, 0.29) is 18.9 Å². The molecule has 0 saturated carbocycles. The van der Waals surface area contributed by atoms with Gasteiger partial charge in [-0.1, -0.05) is 0 Å². The fraction of sp³-hybridized carbons (Fsp3) is 0.692. The Morgan fingerprint density at radius 1 is 1.50 bits per heavy atom. The standard InChI is InChI=1S/C13H19NO4/c1-3-4-5-6-7-12(16)14-9-10(15)8-11(14)13(17)18-2/h1,10-11,15H,4-9H2,2H3. The van der Waals surface area contributed by atoms with Crippen LogP contribution in [0.5, 0.6) is 0 Å². The summed E-state index contributed by atoms with van der Waals surface area (Å²) in [5.74, 6) is 1.92. The lowest BCUT2D eigenvalue weighted by Gasteiger charge is -2.22. The minimum atomic E-state index is -0.649. The molecule has 100 valence electrons. The van der Waals surface area contributed by atoms with Crippen molar-refractivity contribution in [1.82, 2.24) is 4.90 Å². The molecule has 1 rings (SSSR count). The monoisotopic (exact) mass is 253 g/mol. The van der Waals surface area contributed by atoms with E-state index in [2.05, 4.69) is 10.7 Å². The molecule has 1 amide bonds. The first-order chi connectivity index (χ1) is 8.60. The number of aliphatic hydroxyl groups is 1. The lowest BCUT2D eigenvalue weighted by atomic mass is 10.1. The molecule has 1 N–H and O–H groups in total. The zero-order valence-corrected chi connectivity index (χ0v) is 10.6. The van der Waals surface area contributed by atoms with Crippen LogP contribution >= 0.6 is 0 Å². The van der Waals surface area contributed by atoms with Crippen LogP contribution in [0.25, 0.3) is 0 Å². The van der Waals surface area contributed by atoms with Gasteiger partial charge in [-0.25, -0.2) is 4.79 Å². The molecule has 5 heteroatoms. The van der Waals surface area contributed by atoms with Crippen LogP contribution in [0.2, 0.25) is 0 Å². The average Bonchev–Trinajstić information content (AvgIpc) is 2.75. The maximum atomic E-state index is 11.9. The highest BCUT2D eigenvalue weighted by Gasteiger charge is 2.39. The third-order valence-corrected chi connectivity index (χ3v) is 3.03. The zero-order valence-electron chi connectivity index (χ0n) is 10.6. The summed E-state index contributed by atoms with van der Waals surface area (Å²) in [5, 5.41) is 9.54. The Balaban J connectivity index is 2.49. The Morgan fingerprint density at radius 3 is 2.83 bits per heavy atom. The molecule has 5 nitrogen and oxygen atoms in total. The molecular formula is C13H19NO4. The number of unbranched alkanes of at least 4 members (excludes halogenated alkanes) is 2. The normalized spacial score (nSPS) is 22.6.